The molecule has 2 spiro atoms. The number of rotatable bonds is 5. The summed E-state index contributed by atoms with van der Waals surface area (Å²) in [5.41, 5.74) is 2.47. The minimum absolute atomic E-state index is 0.000496. The van der Waals surface area contributed by atoms with Crippen LogP contribution in [0.4, 0.5) is 11.8 Å². The molecule has 2 aromatic rings. The summed E-state index contributed by atoms with van der Waals surface area (Å²) >= 11 is 6.08. The van der Waals surface area contributed by atoms with Gasteiger partial charge in [0.1, 0.15) is 10.7 Å². The van der Waals surface area contributed by atoms with Gasteiger partial charge in [0.2, 0.25) is 5.95 Å². The third-order valence-electron chi connectivity index (χ3n) is 9.56. The number of aromatic nitrogens is 2. The van der Waals surface area contributed by atoms with Crippen molar-refractivity contribution in [2.45, 2.75) is 79.6 Å². The van der Waals surface area contributed by atoms with E-state index >= 15 is 0 Å². The molecule has 1 saturated heterocycles. The highest BCUT2D eigenvalue weighted by Gasteiger charge is 2.56. The number of aliphatic hydroxyl groups is 1. The van der Waals surface area contributed by atoms with Gasteiger partial charge >= 0.3 is 0 Å². The molecule has 3 heterocycles. The van der Waals surface area contributed by atoms with Gasteiger partial charge in [-0.2, -0.15) is 4.98 Å². The summed E-state index contributed by atoms with van der Waals surface area (Å²) in [6, 6.07) is 8.38. The van der Waals surface area contributed by atoms with E-state index in [1.807, 2.05) is 12.1 Å². The predicted molar refractivity (Wildman–Crippen MR) is 139 cm³/mol. The van der Waals surface area contributed by atoms with Gasteiger partial charge in [0.15, 0.2) is 0 Å². The van der Waals surface area contributed by atoms with Crippen molar-refractivity contribution in [3.63, 3.8) is 0 Å². The highest BCUT2D eigenvalue weighted by atomic mass is 35.5. The number of hydrogen-bond acceptors (Lipinski definition) is 6. The van der Waals surface area contributed by atoms with Gasteiger partial charge in [-0.25, -0.2) is 4.98 Å². The minimum Gasteiger partial charge on any atom is -0.394 e. The zero-order chi connectivity index (χ0) is 23.8. The number of anilines is 2. The van der Waals surface area contributed by atoms with Crippen molar-refractivity contribution in [1.29, 1.82) is 0 Å². The van der Waals surface area contributed by atoms with Crippen LogP contribution in [-0.2, 0) is 16.2 Å². The van der Waals surface area contributed by atoms with Gasteiger partial charge in [-0.1, -0.05) is 23.7 Å². The fourth-order valence-electron chi connectivity index (χ4n) is 6.86. The van der Waals surface area contributed by atoms with Crippen LogP contribution in [0.3, 0.4) is 0 Å². The quantitative estimate of drug-likeness (QED) is 0.600. The summed E-state index contributed by atoms with van der Waals surface area (Å²) in [6.07, 6.45) is 10.00. The van der Waals surface area contributed by atoms with Crippen LogP contribution in [0.15, 0.2) is 29.2 Å². The van der Waals surface area contributed by atoms with Crippen molar-refractivity contribution in [2.75, 3.05) is 35.7 Å². The zero-order valence-electron chi connectivity index (χ0n) is 20.1. The Morgan fingerprint density at radius 2 is 1.77 bits per heavy atom. The molecule has 2 aliphatic heterocycles. The van der Waals surface area contributed by atoms with Gasteiger partial charge in [-0.15, -0.1) is 0 Å². The van der Waals surface area contributed by atoms with Crippen LogP contribution in [0.1, 0.15) is 75.0 Å². The highest BCUT2D eigenvalue weighted by molar-refractivity contribution is 7.85. The molecule has 1 aromatic carbocycles. The fourth-order valence-corrected chi connectivity index (χ4v) is 8.85. The summed E-state index contributed by atoms with van der Waals surface area (Å²) in [5, 5.41) is 14.4. The molecule has 0 bridgehead atoms. The Bertz CT molecular complexity index is 1170. The molecule has 186 valence electrons. The lowest BCUT2D eigenvalue weighted by atomic mass is 9.65. The van der Waals surface area contributed by atoms with Crippen LogP contribution in [0, 0.1) is 5.41 Å². The number of benzene rings is 1. The lowest BCUT2D eigenvalue weighted by molar-refractivity contribution is 0.126. The monoisotopic (exact) mass is 512 g/mol. The van der Waals surface area contributed by atoms with E-state index in [4.69, 9.17) is 21.6 Å². The fraction of sp³-hybridized carbons (Fsp3) is 0.630. The van der Waals surface area contributed by atoms with E-state index in [1.54, 1.807) is 0 Å². The molecular weight excluding hydrogens is 480 g/mol. The molecule has 4 fully saturated rings. The van der Waals surface area contributed by atoms with E-state index in [9.17, 15) is 9.32 Å². The van der Waals surface area contributed by atoms with E-state index in [0.717, 1.165) is 66.8 Å². The van der Waals surface area contributed by atoms with Crippen molar-refractivity contribution in [3.8, 4) is 0 Å². The Morgan fingerprint density at radius 3 is 2.37 bits per heavy atom. The maximum absolute atomic E-state index is 13.1. The molecule has 3 saturated carbocycles. The van der Waals surface area contributed by atoms with E-state index < -0.39 is 10.8 Å². The molecule has 1 atom stereocenters. The number of halogens is 1. The molecule has 1 aromatic heterocycles. The summed E-state index contributed by atoms with van der Waals surface area (Å²) in [6.45, 7) is 2.08. The first-order valence-corrected chi connectivity index (χ1v) is 14.8. The number of aliphatic hydroxyl groups excluding tert-OH is 1. The number of fused-ring (bicyclic) bond motifs is 2. The lowest BCUT2D eigenvalue weighted by Gasteiger charge is -2.53. The number of nitrogens with one attached hydrogen (secondary N) is 1. The maximum Gasteiger partial charge on any atom is 0.227 e. The van der Waals surface area contributed by atoms with Crippen LogP contribution in [0.5, 0.6) is 0 Å². The van der Waals surface area contributed by atoms with Crippen LogP contribution in [0.2, 0.25) is 5.02 Å². The molecule has 0 amide bonds. The SMILES string of the molecule is O=[S@@]1CC2(CC2)c2nc(N3CC4(CCC(c5ccc(Cl)cc5)CC4)C3)nc(NC3(CO)CCC3)c21. The van der Waals surface area contributed by atoms with E-state index in [0.29, 0.717) is 22.9 Å². The van der Waals surface area contributed by atoms with Gasteiger partial charge in [0.25, 0.3) is 0 Å². The first-order chi connectivity index (χ1) is 16.9. The summed E-state index contributed by atoms with van der Waals surface area (Å²) in [4.78, 5) is 13.2. The Labute approximate surface area is 214 Å². The predicted octanol–water partition coefficient (Wildman–Crippen LogP) is 4.77. The maximum atomic E-state index is 13.1. The second kappa shape index (κ2) is 7.90. The second-order valence-corrected chi connectivity index (χ2v) is 13.7. The first kappa shape index (κ1) is 22.5. The highest BCUT2D eigenvalue weighted by Crippen LogP contribution is 2.57. The molecular formula is C27H33ClN4O2S. The van der Waals surface area contributed by atoms with E-state index in [2.05, 4.69) is 22.3 Å². The normalized spacial score (nSPS) is 27.4. The molecule has 2 N–H and O–H groups in total. The molecule has 35 heavy (non-hydrogen) atoms. The Balaban J connectivity index is 1.11. The van der Waals surface area contributed by atoms with Gasteiger partial charge in [0, 0.05) is 34.7 Å². The third-order valence-corrected chi connectivity index (χ3v) is 11.5. The summed E-state index contributed by atoms with van der Waals surface area (Å²) < 4.78 is 13.1. The first-order valence-electron chi connectivity index (χ1n) is 13.1. The van der Waals surface area contributed by atoms with Crippen molar-refractivity contribution < 1.29 is 9.32 Å². The smallest absolute Gasteiger partial charge is 0.227 e. The summed E-state index contributed by atoms with van der Waals surface area (Å²) in [7, 11) is -1.07. The molecule has 5 aliphatic rings. The van der Waals surface area contributed by atoms with Crippen LogP contribution < -0.4 is 10.2 Å². The Kier molecular flexibility index (Phi) is 5.08. The van der Waals surface area contributed by atoms with Gasteiger partial charge in [-0.05, 0) is 81.4 Å². The van der Waals surface area contributed by atoms with Crippen molar-refractivity contribution in [1.82, 2.24) is 9.97 Å². The second-order valence-electron chi connectivity index (χ2n) is 11.9. The lowest BCUT2D eigenvalue weighted by Crippen LogP contribution is -2.58. The number of hydrogen-bond donors (Lipinski definition) is 2. The van der Waals surface area contributed by atoms with Crippen LogP contribution in [-0.4, -0.2) is 50.3 Å². The molecule has 0 unspecified atom stereocenters. The standard InChI is InChI=1S/C27H33ClN4O2S/c28-20-4-2-18(3-5-20)19-6-10-25(11-7-19)14-32(15-25)24-29-22-21(35(34)17-26(22)12-13-26)23(30-24)31-27(16-33)8-1-9-27/h2-5,19,33H,1,6-17H2,(H,29,30,31)/t35-/m1/s1. The summed E-state index contributed by atoms with van der Waals surface area (Å²) in [5.74, 6) is 2.81. The molecule has 3 aliphatic carbocycles. The zero-order valence-corrected chi connectivity index (χ0v) is 21.6. The average molecular weight is 513 g/mol. The van der Waals surface area contributed by atoms with Crippen molar-refractivity contribution >= 4 is 34.2 Å². The Hall–Kier alpha value is -1.70. The molecule has 0 radical (unpaired) electrons. The van der Waals surface area contributed by atoms with Crippen molar-refractivity contribution in [3.05, 3.63) is 40.5 Å². The topological polar surface area (TPSA) is 78.4 Å². The third kappa shape index (κ3) is 3.64. The average Bonchev–Trinajstić information content (AvgIpc) is 3.54. The van der Waals surface area contributed by atoms with Gasteiger partial charge in [0.05, 0.1) is 28.6 Å². The van der Waals surface area contributed by atoms with E-state index in [1.165, 1.54) is 31.2 Å². The van der Waals surface area contributed by atoms with Crippen molar-refractivity contribution in [2.24, 2.45) is 5.41 Å². The molecule has 8 heteroatoms. The largest absolute Gasteiger partial charge is 0.394 e. The van der Waals surface area contributed by atoms with E-state index in [-0.39, 0.29) is 17.6 Å². The van der Waals surface area contributed by atoms with Gasteiger partial charge in [-0.3, -0.25) is 4.21 Å². The minimum atomic E-state index is -1.07. The van der Waals surface area contributed by atoms with Gasteiger partial charge < -0.3 is 15.3 Å². The van der Waals surface area contributed by atoms with Crippen LogP contribution >= 0.6 is 11.6 Å². The molecule has 6 nitrogen and oxygen atoms in total. The van der Waals surface area contributed by atoms with Crippen LogP contribution in [0.25, 0.3) is 0 Å². The number of nitrogens with zero attached hydrogens (tertiary/aromatic N) is 3. The Morgan fingerprint density at radius 1 is 1.06 bits per heavy atom. The molecule has 7 rings (SSSR count).